The Morgan fingerprint density at radius 3 is 2.73 bits per heavy atom. The number of hydrogen-bond donors (Lipinski definition) is 1. The summed E-state index contributed by atoms with van der Waals surface area (Å²) in [5.74, 6) is -0.627. The van der Waals surface area contributed by atoms with Crippen LogP contribution >= 0.6 is 11.8 Å². The predicted molar refractivity (Wildman–Crippen MR) is 115 cm³/mol. The smallest absolute Gasteiger partial charge is 0.228 e. The van der Waals surface area contributed by atoms with Crippen LogP contribution in [-0.4, -0.2) is 28.4 Å². The van der Waals surface area contributed by atoms with Crippen LogP contribution in [0.5, 0.6) is 0 Å². The Morgan fingerprint density at radius 1 is 1.27 bits per heavy atom. The molecule has 0 aliphatic carbocycles. The van der Waals surface area contributed by atoms with E-state index < -0.39 is 5.41 Å². The molecule has 0 bridgehead atoms. The molecule has 1 fully saturated rings. The van der Waals surface area contributed by atoms with Gasteiger partial charge in [-0.1, -0.05) is 23.9 Å². The third-order valence-corrected chi connectivity index (χ3v) is 6.68. The zero-order valence-electron chi connectivity index (χ0n) is 17.0. The zero-order valence-corrected chi connectivity index (χ0v) is 17.8. The Morgan fingerprint density at radius 2 is 2.07 bits per heavy atom. The first-order chi connectivity index (χ1) is 14.4. The fourth-order valence-corrected chi connectivity index (χ4v) is 5.02. The van der Waals surface area contributed by atoms with Crippen molar-refractivity contribution < 1.29 is 13.9 Å². The van der Waals surface area contributed by atoms with Crippen molar-refractivity contribution in [1.29, 1.82) is 0 Å². The summed E-state index contributed by atoms with van der Waals surface area (Å²) >= 11 is 1.46. The molecule has 0 spiro atoms. The van der Waals surface area contributed by atoms with E-state index in [2.05, 4.69) is 5.10 Å². The molecule has 1 aliphatic rings. The summed E-state index contributed by atoms with van der Waals surface area (Å²) < 4.78 is 22.0. The molecule has 2 N–H and O–H groups in total. The molecule has 2 atom stereocenters. The lowest BCUT2D eigenvalue weighted by molar-refractivity contribution is -0.129. The van der Waals surface area contributed by atoms with Gasteiger partial charge in [0.25, 0.3) is 0 Å². The van der Waals surface area contributed by atoms with Crippen LogP contribution in [0.1, 0.15) is 25.3 Å². The van der Waals surface area contributed by atoms with E-state index in [0.29, 0.717) is 25.0 Å². The molecule has 0 saturated carbocycles. The number of carbonyl (C=O) groups is 1. The van der Waals surface area contributed by atoms with Gasteiger partial charge in [0.2, 0.25) is 5.91 Å². The van der Waals surface area contributed by atoms with Crippen LogP contribution in [0.15, 0.2) is 64.5 Å². The van der Waals surface area contributed by atoms with Gasteiger partial charge in [0.1, 0.15) is 5.82 Å². The van der Waals surface area contributed by atoms with Crippen LogP contribution < -0.4 is 5.73 Å². The maximum absolute atomic E-state index is 14.7. The largest absolute Gasteiger partial charge is 0.378 e. The maximum Gasteiger partial charge on any atom is 0.228 e. The van der Waals surface area contributed by atoms with Crippen molar-refractivity contribution in [1.82, 2.24) is 9.78 Å². The molecule has 2 aromatic carbocycles. The first-order valence-corrected chi connectivity index (χ1v) is 10.7. The number of aryl methyl sites for hydroxylation is 1. The van der Waals surface area contributed by atoms with Crippen molar-refractivity contribution in [3.8, 4) is 11.3 Å². The molecule has 4 rings (SSSR count). The summed E-state index contributed by atoms with van der Waals surface area (Å²) in [5.41, 5.74) is 7.23. The van der Waals surface area contributed by atoms with Crippen molar-refractivity contribution in [2.24, 2.45) is 12.8 Å². The van der Waals surface area contributed by atoms with Crippen molar-refractivity contribution in [3.05, 3.63) is 66.1 Å². The third kappa shape index (κ3) is 3.87. The average molecular weight is 426 g/mol. The van der Waals surface area contributed by atoms with Gasteiger partial charge in [-0.3, -0.25) is 9.48 Å². The molecule has 2 heterocycles. The van der Waals surface area contributed by atoms with Crippen LogP contribution in [-0.2, 0) is 22.0 Å². The van der Waals surface area contributed by atoms with Gasteiger partial charge in [-0.15, -0.1) is 0 Å². The number of amides is 1. The number of rotatable bonds is 5. The standard InChI is InChI=1S/C23H24FN3O2S/c1-15-14-23(22(25)28,9-11-29-15)16-4-3-5-17(12-16)30-18-6-7-19(20(24)13-18)21-8-10-26-27(21)2/h3-8,10,12-13,15H,9,11,14H2,1-2H3,(H2,25,28)/t15-,23+/m0/s1. The number of ether oxygens (including phenoxy) is 1. The Labute approximate surface area is 179 Å². The molecule has 0 unspecified atom stereocenters. The molecular formula is C23H24FN3O2S. The second-order valence-electron chi connectivity index (χ2n) is 7.69. The van der Waals surface area contributed by atoms with Crippen LogP contribution in [0.4, 0.5) is 4.39 Å². The van der Waals surface area contributed by atoms with Crippen molar-refractivity contribution in [2.45, 2.75) is 41.1 Å². The molecule has 7 heteroatoms. The Kier molecular flexibility index (Phi) is 5.66. The van der Waals surface area contributed by atoms with Crippen molar-refractivity contribution in [3.63, 3.8) is 0 Å². The lowest BCUT2D eigenvalue weighted by Crippen LogP contribution is -2.47. The summed E-state index contributed by atoms with van der Waals surface area (Å²) in [4.78, 5) is 14.1. The van der Waals surface area contributed by atoms with Gasteiger partial charge in [0.15, 0.2) is 0 Å². The van der Waals surface area contributed by atoms with Gasteiger partial charge in [-0.25, -0.2) is 4.39 Å². The summed E-state index contributed by atoms with van der Waals surface area (Å²) in [6.07, 6.45) is 2.74. The first kappa shape index (κ1) is 20.6. The molecule has 3 aromatic rings. The molecular weight excluding hydrogens is 401 g/mol. The third-order valence-electron chi connectivity index (χ3n) is 5.70. The fourth-order valence-electron chi connectivity index (χ4n) is 4.11. The van der Waals surface area contributed by atoms with E-state index in [-0.39, 0.29) is 17.8 Å². The molecule has 5 nitrogen and oxygen atoms in total. The van der Waals surface area contributed by atoms with E-state index in [0.717, 1.165) is 21.0 Å². The van der Waals surface area contributed by atoms with Gasteiger partial charge in [0.05, 0.1) is 17.2 Å². The minimum absolute atomic E-state index is 0.0313. The maximum atomic E-state index is 14.7. The number of benzene rings is 2. The average Bonchev–Trinajstić information content (AvgIpc) is 3.14. The van der Waals surface area contributed by atoms with E-state index in [9.17, 15) is 9.18 Å². The van der Waals surface area contributed by atoms with Crippen LogP contribution in [0.2, 0.25) is 0 Å². The van der Waals surface area contributed by atoms with E-state index in [1.54, 1.807) is 30.1 Å². The highest BCUT2D eigenvalue weighted by Crippen LogP contribution is 2.39. The summed E-state index contributed by atoms with van der Waals surface area (Å²) in [7, 11) is 1.79. The Bertz CT molecular complexity index is 1080. The number of hydrogen-bond acceptors (Lipinski definition) is 4. The van der Waals surface area contributed by atoms with Crippen LogP contribution in [0, 0.1) is 5.82 Å². The first-order valence-electron chi connectivity index (χ1n) is 9.87. The molecule has 156 valence electrons. The molecule has 30 heavy (non-hydrogen) atoms. The molecule has 1 saturated heterocycles. The quantitative estimate of drug-likeness (QED) is 0.662. The van der Waals surface area contributed by atoms with Gasteiger partial charge < -0.3 is 10.5 Å². The van der Waals surface area contributed by atoms with Crippen molar-refractivity contribution >= 4 is 17.7 Å². The Hall–Kier alpha value is -2.64. The second kappa shape index (κ2) is 8.24. The normalized spacial score (nSPS) is 21.5. The van der Waals surface area contributed by atoms with E-state index in [1.807, 2.05) is 37.3 Å². The topological polar surface area (TPSA) is 70.1 Å². The number of aromatic nitrogens is 2. The SMILES string of the molecule is C[C@H]1C[C@@](C(N)=O)(c2cccc(Sc3ccc(-c4ccnn4C)c(F)c3)c2)CCO1. The van der Waals surface area contributed by atoms with Gasteiger partial charge >= 0.3 is 0 Å². The predicted octanol–water partition coefficient (Wildman–Crippen LogP) is 4.30. The van der Waals surface area contributed by atoms with Crippen LogP contribution in [0.3, 0.4) is 0 Å². The molecule has 0 radical (unpaired) electrons. The Balaban J connectivity index is 1.61. The molecule has 1 aromatic heterocycles. The number of primary amides is 1. The van der Waals surface area contributed by atoms with E-state index in [1.165, 1.54) is 17.8 Å². The second-order valence-corrected chi connectivity index (χ2v) is 8.84. The minimum atomic E-state index is -0.733. The summed E-state index contributed by atoms with van der Waals surface area (Å²) in [5, 5.41) is 4.10. The van der Waals surface area contributed by atoms with Gasteiger partial charge in [0, 0.05) is 35.2 Å². The van der Waals surface area contributed by atoms with E-state index >= 15 is 0 Å². The van der Waals surface area contributed by atoms with E-state index in [4.69, 9.17) is 10.5 Å². The highest BCUT2D eigenvalue weighted by atomic mass is 32.2. The highest BCUT2D eigenvalue weighted by molar-refractivity contribution is 7.99. The summed E-state index contributed by atoms with van der Waals surface area (Å²) in [6, 6.07) is 14.8. The van der Waals surface area contributed by atoms with Gasteiger partial charge in [-0.2, -0.15) is 5.10 Å². The summed E-state index contributed by atoms with van der Waals surface area (Å²) in [6.45, 7) is 2.46. The number of halogens is 1. The fraction of sp³-hybridized carbons (Fsp3) is 0.304. The minimum Gasteiger partial charge on any atom is -0.378 e. The lowest BCUT2D eigenvalue weighted by Gasteiger charge is -2.38. The highest BCUT2D eigenvalue weighted by Gasteiger charge is 2.42. The number of nitrogens with zero attached hydrogens (tertiary/aromatic N) is 2. The lowest BCUT2D eigenvalue weighted by atomic mass is 9.72. The van der Waals surface area contributed by atoms with Gasteiger partial charge in [-0.05, 0) is 61.7 Å². The molecule has 1 aliphatic heterocycles. The zero-order chi connectivity index (χ0) is 21.3. The monoisotopic (exact) mass is 425 g/mol. The van der Waals surface area contributed by atoms with Crippen molar-refractivity contribution in [2.75, 3.05) is 6.61 Å². The van der Waals surface area contributed by atoms with Crippen LogP contribution in [0.25, 0.3) is 11.3 Å². The molecule has 1 amide bonds. The number of nitrogens with two attached hydrogens (primary N) is 1. The number of carbonyl (C=O) groups excluding carboxylic acids is 1.